The molecule has 2 N–H and O–H groups in total. The largest absolute Gasteiger partial charge is 0.479 e. The molecule has 3 nitrogen and oxygen atoms in total. The number of thiophene rings is 1. The van der Waals surface area contributed by atoms with Crippen molar-refractivity contribution in [2.45, 2.75) is 38.5 Å². The van der Waals surface area contributed by atoms with Crippen molar-refractivity contribution in [1.29, 1.82) is 0 Å². The molecule has 5 heteroatoms. The number of carbonyl (C=O) groups is 1. The third-order valence-corrected chi connectivity index (χ3v) is 3.75. The second kappa shape index (κ2) is 4.51. The van der Waals surface area contributed by atoms with Crippen LogP contribution in [0.4, 0.5) is 4.39 Å². The fraction of sp³-hybridized carbons (Fsp3) is 0.545. The highest BCUT2D eigenvalue weighted by Gasteiger charge is 2.29. The van der Waals surface area contributed by atoms with Gasteiger partial charge in [0.15, 0.2) is 0 Å². The SMILES string of the molecule is CC(C)(C)c1ccc(C(O)C(F)C(=O)O)s1. The van der Waals surface area contributed by atoms with Crippen LogP contribution in [-0.2, 0) is 10.2 Å². The van der Waals surface area contributed by atoms with Gasteiger partial charge in [0.1, 0.15) is 6.10 Å². The van der Waals surface area contributed by atoms with Gasteiger partial charge in [0.2, 0.25) is 6.17 Å². The summed E-state index contributed by atoms with van der Waals surface area (Å²) in [6.45, 7) is 6.00. The molecule has 0 aliphatic rings. The lowest BCUT2D eigenvalue weighted by Gasteiger charge is -2.16. The molecule has 0 saturated carbocycles. The molecule has 1 rings (SSSR count). The molecule has 16 heavy (non-hydrogen) atoms. The zero-order valence-electron chi connectivity index (χ0n) is 9.40. The molecule has 1 aromatic rings. The molecule has 0 saturated heterocycles. The molecular formula is C11H15FO3S. The number of halogens is 1. The normalized spacial score (nSPS) is 15.8. The first kappa shape index (κ1) is 13.1. The predicted octanol–water partition coefficient (Wildman–Crippen LogP) is 2.50. The molecule has 0 aliphatic carbocycles. The Morgan fingerprint density at radius 2 is 2.00 bits per heavy atom. The summed E-state index contributed by atoms with van der Waals surface area (Å²) >= 11 is 1.24. The van der Waals surface area contributed by atoms with Gasteiger partial charge in [-0.2, -0.15) is 0 Å². The van der Waals surface area contributed by atoms with Crippen molar-refractivity contribution in [3.63, 3.8) is 0 Å². The molecule has 0 spiro atoms. The smallest absolute Gasteiger partial charge is 0.341 e. The highest BCUT2D eigenvalue weighted by atomic mass is 32.1. The summed E-state index contributed by atoms with van der Waals surface area (Å²) in [5.74, 6) is -1.64. The Bertz CT molecular complexity index is 381. The Labute approximate surface area is 97.5 Å². The van der Waals surface area contributed by atoms with Crippen LogP contribution in [0.25, 0.3) is 0 Å². The van der Waals surface area contributed by atoms with Crippen molar-refractivity contribution in [1.82, 2.24) is 0 Å². The lowest BCUT2D eigenvalue weighted by atomic mass is 9.95. The maximum atomic E-state index is 13.1. The van der Waals surface area contributed by atoms with E-state index in [1.807, 2.05) is 20.8 Å². The molecule has 90 valence electrons. The van der Waals surface area contributed by atoms with E-state index in [2.05, 4.69) is 0 Å². The van der Waals surface area contributed by atoms with Gasteiger partial charge in [-0.15, -0.1) is 11.3 Å². The van der Waals surface area contributed by atoms with E-state index in [-0.39, 0.29) is 5.41 Å². The standard InChI is InChI=1S/C11H15FO3S/c1-11(2,3)7-5-4-6(16-7)9(13)8(12)10(14)15/h4-5,8-9,13H,1-3H3,(H,14,15). The van der Waals surface area contributed by atoms with Gasteiger partial charge in [0, 0.05) is 9.75 Å². The average Bonchev–Trinajstić information content (AvgIpc) is 2.63. The third kappa shape index (κ3) is 2.80. The van der Waals surface area contributed by atoms with Crippen LogP contribution in [0.15, 0.2) is 12.1 Å². The fourth-order valence-electron chi connectivity index (χ4n) is 1.19. The van der Waals surface area contributed by atoms with Crippen LogP contribution in [0.2, 0.25) is 0 Å². The van der Waals surface area contributed by atoms with Crippen LogP contribution >= 0.6 is 11.3 Å². The third-order valence-electron chi connectivity index (χ3n) is 2.17. The first-order chi connectivity index (χ1) is 7.23. The molecule has 1 heterocycles. The van der Waals surface area contributed by atoms with Gasteiger partial charge in [-0.1, -0.05) is 20.8 Å². The van der Waals surface area contributed by atoms with Crippen molar-refractivity contribution in [2.75, 3.05) is 0 Å². The van der Waals surface area contributed by atoms with Crippen molar-refractivity contribution >= 4 is 17.3 Å². The van der Waals surface area contributed by atoms with Gasteiger partial charge in [-0.3, -0.25) is 0 Å². The molecule has 1 aromatic heterocycles. The van der Waals surface area contributed by atoms with Gasteiger partial charge in [-0.25, -0.2) is 9.18 Å². The van der Waals surface area contributed by atoms with E-state index in [1.165, 1.54) is 11.3 Å². The van der Waals surface area contributed by atoms with Gasteiger partial charge in [0.05, 0.1) is 0 Å². The summed E-state index contributed by atoms with van der Waals surface area (Å²) in [5, 5.41) is 17.9. The van der Waals surface area contributed by atoms with Crippen LogP contribution in [0.1, 0.15) is 36.6 Å². The van der Waals surface area contributed by atoms with Crippen LogP contribution in [0, 0.1) is 0 Å². The number of aliphatic hydroxyl groups excluding tert-OH is 1. The number of carboxylic acid groups (broad SMARTS) is 1. The summed E-state index contributed by atoms with van der Waals surface area (Å²) < 4.78 is 13.1. The summed E-state index contributed by atoms with van der Waals surface area (Å²) in [6.07, 6.45) is -3.86. The summed E-state index contributed by atoms with van der Waals surface area (Å²) in [7, 11) is 0. The first-order valence-corrected chi connectivity index (χ1v) is 5.70. The molecule has 0 bridgehead atoms. The number of carboxylic acids is 1. The quantitative estimate of drug-likeness (QED) is 0.861. The minimum atomic E-state index is -2.27. The lowest BCUT2D eigenvalue weighted by molar-refractivity contribution is -0.147. The van der Waals surface area contributed by atoms with Crippen molar-refractivity contribution in [2.24, 2.45) is 0 Å². The first-order valence-electron chi connectivity index (χ1n) is 4.88. The second-order valence-electron chi connectivity index (χ2n) is 4.64. The predicted molar refractivity (Wildman–Crippen MR) is 60.5 cm³/mol. The van der Waals surface area contributed by atoms with Crippen LogP contribution in [0.3, 0.4) is 0 Å². The Balaban J connectivity index is 2.90. The van der Waals surface area contributed by atoms with Crippen molar-refractivity contribution < 1.29 is 19.4 Å². The van der Waals surface area contributed by atoms with Crippen LogP contribution in [0.5, 0.6) is 0 Å². The highest BCUT2D eigenvalue weighted by molar-refractivity contribution is 7.12. The minimum Gasteiger partial charge on any atom is -0.479 e. The zero-order valence-corrected chi connectivity index (χ0v) is 10.2. The summed E-state index contributed by atoms with van der Waals surface area (Å²) in [4.78, 5) is 11.7. The van der Waals surface area contributed by atoms with Crippen LogP contribution < -0.4 is 0 Å². The number of hydrogen-bond acceptors (Lipinski definition) is 3. The van der Waals surface area contributed by atoms with Gasteiger partial charge in [-0.05, 0) is 17.5 Å². The fourth-order valence-corrected chi connectivity index (χ4v) is 2.27. The average molecular weight is 246 g/mol. The summed E-state index contributed by atoms with van der Waals surface area (Å²) in [5.41, 5.74) is -0.0856. The Kier molecular flexibility index (Phi) is 3.70. The van der Waals surface area contributed by atoms with E-state index in [0.29, 0.717) is 4.88 Å². The van der Waals surface area contributed by atoms with Gasteiger partial charge in [0.25, 0.3) is 0 Å². The van der Waals surface area contributed by atoms with E-state index in [1.54, 1.807) is 12.1 Å². The van der Waals surface area contributed by atoms with E-state index < -0.39 is 18.2 Å². The van der Waals surface area contributed by atoms with E-state index in [9.17, 15) is 14.3 Å². The molecule has 0 amide bonds. The minimum absolute atomic E-state index is 0.0856. The number of aliphatic carboxylic acids is 1. The van der Waals surface area contributed by atoms with Crippen molar-refractivity contribution in [3.05, 3.63) is 21.9 Å². The Morgan fingerprint density at radius 3 is 2.38 bits per heavy atom. The molecule has 2 atom stereocenters. The molecule has 0 aliphatic heterocycles. The Morgan fingerprint density at radius 1 is 1.44 bits per heavy atom. The van der Waals surface area contributed by atoms with Gasteiger partial charge < -0.3 is 10.2 Å². The molecule has 0 aromatic carbocycles. The zero-order chi connectivity index (χ0) is 12.5. The molecule has 2 unspecified atom stereocenters. The Hall–Kier alpha value is -0.940. The summed E-state index contributed by atoms with van der Waals surface area (Å²) in [6, 6.07) is 3.36. The van der Waals surface area contributed by atoms with Crippen molar-refractivity contribution in [3.8, 4) is 0 Å². The highest BCUT2D eigenvalue weighted by Crippen LogP contribution is 2.33. The number of rotatable bonds is 3. The molecule has 0 radical (unpaired) electrons. The number of hydrogen-bond donors (Lipinski definition) is 2. The lowest BCUT2D eigenvalue weighted by Crippen LogP contribution is -2.22. The van der Waals surface area contributed by atoms with E-state index >= 15 is 0 Å². The number of aliphatic hydroxyl groups is 1. The second-order valence-corrected chi connectivity index (χ2v) is 5.75. The maximum absolute atomic E-state index is 13.1. The van der Waals surface area contributed by atoms with Gasteiger partial charge >= 0.3 is 5.97 Å². The molecular weight excluding hydrogens is 231 g/mol. The maximum Gasteiger partial charge on any atom is 0.341 e. The van der Waals surface area contributed by atoms with Crippen LogP contribution in [-0.4, -0.2) is 22.4 Å². The van der Waals surface area contributed by atoms with E-state index in [0.717, 1.165) is 4.88 Å². The van der Waals surface area contributed by atoms with E-state index in [4.69, 9.17) is 5.11 Å². The number of alkyl halides is 1. The topological polar surface area (TPSA) is 57.5 Å². The monoisotopic (exact) mass is 246 g/mol. The molecule has 0 fully saturated rings.